The molecule has 0 aliphatic heterocycles. The van der Waals surface area contributed by atoms with Crippen molar-refractivity contribution in [1.82, 2.24) is 25.4 Å². The van der Waals surface area contributed by atoms with Crippen molar-refractivity contribution < 1.29 is 4.74 Å². The van der Waals surface area contributed by atoms with Crippen LogP contribution in [-0.2, 0) is 20.1 Å². The summed E-state index contributed by atoms with van der Waals surface area (Å²) in [6.07, 6.45) is 1.53. The SMILES string of the molecule is CN=C(NCc1ccc(C)c(OC)c1)NCc1ncnn1C.I. The van der Waals surface area contributed by atoms with Gasteiger partial charge in [0.25, 0.3) is 0 Å². The summed E-state index contributed by atoms with van der Waals surface area (Å²) in [7, 11) is 5.28. The molecule has 2 rings (SSSR count). The smallest absolute Gasteiger partial charge is 0.191 e. The number of hydrogen-bond acceptors (Lipinski definition) is 4. The van der Waals surface area contributed by atoms with Crippen LogP contribution in [0, 0.1) is 6.92 Å². The molecule has 2 aromatic rings. The maximum atomic E-state index is 5.34. The highest BCUT2D eigenvalue weighted by molar-refractivity contribution is 14.0. The average Bonchev–Trinajstić information content (AvgIpc) is 2.94. The van der Waals surface area contributed by atoms with Gasteiger partial charge in [-0.25, -0.2) is 4.98 Å². The number of aromatic nitrogens is 3. The van der Waals surface area contributed by atoms with Crippen molar-refractivity contribution in [2.24, 2.45) is 12.0 Å². The third kappa shape index (κ3) is 5.38. The standard InChI is InChI=1S/C15H22N6O.HI/c1-11-5-6-12(7-13(11)22-4)8-17-15(16-2)18-9-14-19-10-20-21(14)3;/h5-7,10H,8-9H2,1-4H3,(H2,16,17,18);1H. The van der Waals surface area contributed by atoms with Gasteiger partial charge < -0.3 is 15.4 Å². The maximum Gasteiger partial charge on any atom is 0.191 e. The number of halogens is 1. The molecule has 23 heavy (non-hydrogen) atoms. The number of ether oxygens (including phenoxy) is 1. The van der Waals surface area contributed by atoms with Crippen molar-refractivity contribution in [1.29, 1.82) is 0 Å². The summed E-state index contributed by atoms with van der Waals surface area (Å²) in [5.74, 6) is 2.45. The normalized spacial score (nSPS) is 10.9. The lowest BCUT2D eigenvalue weighted by Crippen LogP contribution is -2.36. The Morgan fingerprint density at radius 2 is 2.04 bits per heavy atom. The molecule has 1 aromatic heterocycles. The van der Waals surface area contributed by atoms with Crippen molar-refractivity contribution in [3.05, 3.63) is 41.5 Å². The average molecular weight is 430 g/mol. The molecular weight excluding hydrogens is 407 g/mol. The Morgan fingerprint density at radius 3 is 2.65 bits per heavy atom. The fraction of sp³-hybridized carbons (Fsp3) is 0.400. The molecule has 8 heteroatoms. The number of guanidine groups is 1. The van der Waals surface area contributed by atoms with Gasteiger partial charge >= 0.3 is 0 Å². The van der Waals surface area contributed by atoms with E-state index in [2.05, 4.69) is 31.8 Å². The first-order valence-corrected chi connectivity index (χ1v) is 7.05. The molecule has 0 spiro atoms. The summed E-state index contributed by atoms with van der Waals surface area (Å²) in [6.45, 7) is 3.25. The van der Waals surface area contributed by atoms with Crippen molar-refractivity contribution in [3.8, 4) is 5.75 Å². The Labute approximate surface area is 153 Å². The summed E-state index contributed by atoms with van der Waals surface area (Å²) in [5.41, 5.74) is 2.25. The van der Waals surface area contributed by atoms with Crippen LogP contribution in [0.5, 0.6) is 5.75 Å². The Morgan fingerprint density at radius 1 is 1.30 bits per heavy atom. The minimum atomic E-state index is 0. The zero-order valence-electron chi connectivity index (χ0n) is 13.8. The number of methoxy groups -OCH3 is 1. The summed E-state index contributed by atoms with van der Waals surface area (Å²) < 4.78 is 7.06. The van der Waals surface area contributed by atoms with E-state index in [9.17, 15) is 0 Å². The van der Waals surface area contributed by atoms with E-state index in [1.807, 2.05) is 26.1 Å². The minimum absolute atomic E-state index is 0. The van der Waals surface area contributed by atoms with Crippen LogP contribution >= 0.6 is 24.0 Å². The lowest BCUT2D eigenvalue weighted by Gasteiger charge is -2.12. The van der Waals surface area contributed by atoms with Crippen molar-refractivity contribution >= 4 is 29.9 Å². The third-order valence-electron chi connectivity index (χ3n) is 3.38. The first kappa shape index (κ1) is 19.2. The zero-order chi connectivity index (χ0) is 15.9. The Hall–Kier alpha value is -1.84. The van der Waals surface area contributed by atoms with E-state index >= 15 is 0 Å². The van der Waals surface area contributed by atoms with Crippen molar-refractivity contribution in [2.45, 2.75) is 20.0 Å². The number of aliphatic imine (C=N–C) groups is 1. The van der Waals surface area contributed by atoms with Gasteiger partial charge in [-0.1, -0.05) is 12.1 Å². The summed E-state index contributed by atoms with van der Waals surface area (Å²) in [4.78, 5) is 8.36. The third-order valence-corrected chi connectivity index (χ3v) is 3.38. The molecule has 1 heterocycles. The van der Waals surface area contributed by atoms with E-state index in [4.69, 9.17) is 4.74 Å². The van der Waals surface area contributed by atoms with Gasteiger partial charge in [0.2, 0.25) is 0 Å². The first-order chi connectivity index (χ1) is 10.6. The molecule has 0 radical (unpaired) electrons. The van der Waals surface area contributed by atoms with Gasteiger partial charge in [0, 0.05) is 20.6 Å². The van der Waals surface area contributed by atoms with Gasteiger partial charge in [-0.3, -0.25) is 9.67 Å². The molecule has 0 fully saturated rings. The van der Waals surface area contributed by atoms with E-state index in [0.29, 0.717) is 19.0 Å². The van der Waals surface area contributed by atoms with Crippen LogP contribution in [0.4, 0.5) is 0 Å². The summed E-state index contributed by atoms with van der Waals surface area (Å²) >= 11 is 0. The minimum Gasteiger partial charge on any atom is -0.496 e. The fourth-order valence-corrected chi connectivity index (χ4v) is 2.02. The van der Waals surface area contributed by atoms with Gasteiger partial charge in [0.15, 0.2) is 5.96 Å². The largest absolute Gasteiger partial charge is 0.496 e. The van der Waals surface area contributed by atoms with E-state index in [0.717, 1.165) is 22.7 Å². The van der Waals surface area contributed by atoms with Crippen molar-refractivity contribution in [2.75, 3.05) is 14.2 Å². The molecule has 0 aliphatic rings. The van der Waals surface area contributed by atoms with Crippen LogP contribution in [0.25, 0.3) is 0 Å². The second-order valence-electron chi connectivity index (χ2n) is 4.88. The summed E-state index contributed by atoms with van der Waals surface area (Å²) in [5, 5.41) is 10.5. The lowest BCUT2D eigenvalue weighted by molar-refractivity contribution is 0.411. The van der Waals surface area contributed by atoms with E-state index in [-0.39, 0.29) is 24.0 Å². The number of hydrogen-bond donors (Lipinski definition) is 2. The molecular formula is C15H23IN6O. The topological polar surface area (TPSA) is 76.4 Å². The molecule has 0 aliphatic carbocycles. The molecule has 0 bridgehead atoms. The number of nitrogens with one attached hydrogen (secondary N) is 2. The van der Waals surface area contributed by atoms with Gasteiger partial charge in [-0.2, -0.15) is 5.10 Å². The Balaban J connectivity index is 0.00000264. The predicted molar refractivity (Wildman–Crippen MR) is 101 cm³/mol. The second kappa shape index (κ2) is 9.33. The second-order valence-corrected chi connectivity index (χ2v) is 4.88. The van der Waals surface area contributed by atoms with E-state index in [1.165, 1.54) is 6.33 Å². The van der Waals surface area contributed by atoms with Gasteiger partial charge in [-0.05, 0) is 24.1 Å². The highest BCUT2D eigenvalue weighted by atomic mass is 127. The Bertz CT molecular complexity index is 655. The van der Waals surface area contributed by atoms with E-state index < -0.39 is 0 Å². The van der Waals surface area contributed by atoms with Crippen LogP contribution in [-0.4, -0.2) is 34.9 Å². The molecule has 7 nitrogen and oxygen atoms in total. The van der Waals surface area contributed by atoms with Crippen LogP contribution in [0.1, 0.15) is 17.0 Å². The number of benzene rings is 1. The molecule has 0 amide bonds. The number of aryl methyl sites for hydroxylation is 2. The quantitative estimate of drug-likeness (QED) is 0.429. The van der Waals surface area contributed by atoms with E-state index in [1.54, 1.807) is 18.8 Å². The Kier molecular flexibility index (Phi) is 7.79. The predicted octanol–water partition coefficient (Wildman–Crippen LogP) is 1.62. The molecule has 126 valence electrons. The highest BCUT2D eigenvalue weighted by Crippen LogP contribution is 2.18. The number of nitrogens with zero attached hydrogens (tertiary/aromatic N) is 4. The zero-order valence-corrected chi connectivity index (χ0v) is 16.2. The maximum absolute atomic E-state index is 5.34. The van der Waals surface area contributed by atoms with Crippen LogP contribution in [0.15, 0.2) is 29.5 Å². The first-order valence-electron chi connectivity index (χ1n) is 7.05. The highest BCUT2D eigenvalue weighted by Gasteiger charge is 2.04. The van der Waals surface area contributed by atoms with Gasteiger partial charge in [-0.15, -0.1) is 24.0 Å². The molecule has 1 aromatic carbocycles. The molecule has 0 unspecified atom stereocenters. The van der Waals surface area contributed by atoms with Crippen molar-refractivity contribution in [3.63, 3.8) is 0 Å². The van der Waals surface area contributed by atoms with Gasteiger partial charge in [0.1, 0.15) is 17.9 Å². The molecule has 0 saturated heterocycles. The van der Waals surface area contributed by atoms with Crippen LogP contribution in [0.3, 0.4) is 0 Å². The summed E-state index contributed by atoms with van der Waals surface area (Å²) in [6, 6.07) is 6.14. The fourth-order valence-electron chi connectivity index (χ4n) is 2.02. The number of rotatable bonds is 5. The van der Waals surface area contributed by atoms with Crippen LogP contribution < -0.4 is 15.4 Å². The molecule has 0 atom stereocenters. The molecule has 2 N–H and O–H groups in total. The monoisotopic (exact) mass is 430 g/mol. The van der Waals surface area contributed by atoms with Crippen LogP contribution in [0.2, 0.25) is 0 Å². The lowest BCUT2D eigenvalue weighted by atomic mass is 10.1. The molecule has 0 saturated carbocycles. The van der Waals surface area contributed by atoms with Gasteiger partial charge in [0.05, 0.1) is 13.7 Å².